The van der Waals surface area contributed by atoms with E-state index in [1.807, 2.05) is 0 Å². The molecule has 1 aromatic rings. The van der Waals surface area contributed by atoms with Crippen LogP contribution in [0.25, 0.3) is 0 Å². The number of primary amides is 1. The number of fused-ring (bicyclic) bond motifs is 1. The second-order valence-electron chi connectivity index (χ2n) is 8.62. The van der Waals surface area contributed by atoms with Crippen LogP contribution in [0.2, 0.25) is 0 Å². The summed E-state index contributed by atoms with van der Waals surface area (Å²) in [6, 6.07) is 4.23. The van der Waals surface area contributed by atoms with Crippen LogP contribution in [-0.4, -0.2) is 80.1 Å². The molecule has 33 heavy (non-hydrogen) atoms. The minimum absolute atomic E-state index is 0.220. The van der Waals surface area contributed by atoms with E-state index in [4.69, 9.17) is 30.9 Å². The van der Waals surface area contributed by atoms with Crippen LogP contribution in [-0.2, 0) is 16.0 Å². The number of carbonyl (C=O) groups is 3. The first kappa shape index (κ1) is 24.9. The second kappa shape index (κ2) is 10.4. The Labute approximate surface area is 189 Å². The fourth-order valence-corrected chi connectivity index (χ4v) is 4.39. The molecule has 2 aliphatic carbocycles. The van der Waals surface area contributed by atoms with Crippen LogP contribution in [0.4, 0.5) is 4.39 Å². The highest BCUT2D eigenvalue weighted by atomic mass is 19.1. The van der Waals surface area contributed by atoms with Crippen LogP contribution in [0.1, 0.15) is 54.4 Å². The third-order valence-electron chi connectivity index (χ3n) is 6.56. The monoisotopic (exact) mass is 468 g/mol. The molecule has 0 radical (unpaired) electrons. The lowest BCUT2D eigenvalue weighted by molar-refractivity contribution is -0.165. The van der Waals surface area contributed by atoms with Crippen molar-refractivity contribution in [3.63, 3.8) is 0 Å². The van der Waals surface area contributed by atoms with Crippen LogP contribution in [0.5, 0.6) is 5.75 Å². The van der Waals surface area contributed by atoms with E-state index in [0.29, 0.717) is 36.2 Å². The SMILES string of the molecule is NC(=O)c1ccc(F)c2c1C[C@@H](N(C1CCC1)C1CCC1)CO2.O=C(O)C(O)[C@@H](O)C(=O)O. The van der Waals surface area contributed by atoms with E-state index in [-0.39, 0.29) is 11.8 Å². The minimum atomic E-state index is -2.27. The molecule has 6 N–H and O–H groups in total. The Morgan fingerprint density at radius 1 is 0.970 bits per heavy atom. The number of rotatable bonds is 7. The number of nitrogens with two attached hydrogens (primary N) is 1. The van der Waals surface area contributed by atoms with Gasteiger partial charge in [-0.05, 0) is 44.2 Å². The average Bonchev–Trinajstić information content (AvgIpc) is 2.69. The molecule has 2 saturated carbocycles. The number of aliphatic hydroxyl groups is 2. The van der Waals surface area contributed by atoms with E-state index < -0.39 is 35.9 Å². The number of aliphatic carboxylic acids is 2. The lowest BCUT2D eigenvalue weighted by Crippen LogP contribution is -2.57. The van der Waals surface area contributed by atoms with Crippen molar-refractivity contribution in [2.75, 3.05) is 6.61 Å². The molecule has 1 amide bonds. The molecule has 1 aromatic carbocycles. The maximum Gasteiger partial charge on any atom is 0.335 e. The zero-order valence-corrected chi connectivity index (χ0v) is 18.0. The molecular formula is C22H29FN2O8. The number of benzene rings is 1. The topological polar surface area (TPSA) is 171 Å². The summed E-state index contributed by atoms with van der Waals surface area (Å²) in [6.45, 7) is 0.499. The third kappa shape index (κ3) is 5.43. The second-order valence-corrected chi connectivity index (χ2v) is 8.62. The Balaban J connectivity index is 0.000000262. The summed E-state index contributed by atoms with van der Waals surface area (Å²) in [5, 5.41) is 32.5. The summed E-state index contributed by atoms with van der Waals surface area (Å²) in [7, 11) is 0. The molecule has 1 aliphatic heterocycles. The van der Waals surface area contributed by atoms with Crippen LogP contribution in [0.15, 0.2) is 12.1 Å². The van der Waals surface area contributed by atoms with Gasteiger partial charge in [-0.15, -0.1) is 0 Å². The number of carboxylic acid groups (broad SMARTS) is 2. The zero-order chi connectivity index (χ0) is 24.3. The zero-order valence-electron chi connectivity index (χ0n) is 18.0. The van der Waals surface area contributed by atoms with Crippen molar-refractivity contribution in [2.24, 2.45) is 5.73 Å². The molecular weight excluding hydrogens is 439 g/mol. The van der Waals surface area contributed by atoms with Crippen molar-refractivity contribution in [1.82, 2.24) is 4.90 Å². The Morgan fingerprint density at radius 3 is 1.88 bits per heavy atom. The van der Waals surface area contributed by atoms with Crippen LogP contribution in [0.3, 0.4) is 0 Å². The molecule has 0 spiro atoms. The smallest absolute Gasteiger partial charge is 0.335 e. The third-order valence-corrected chi connectivity index (χ3v) is 6.56. The van der Waals surface area contributed by atoms with Gasteiger partial charge in [0.1, 0.15) is 6.61 Å². The van der Waals surface area contributed by atoms with Gasteiger partial charge in [0, 0.05) is 29.3 Å². The van der Waals surface area contributed by atoms with Crippen LogP contribution in [0, 0.1) is 5.82 Å². The highest BCUT2D eigenvalue weighted by molar-refractivity contribution is 5.95. The molecule has 1 unspecified atom stereocenters. The predicted molar refractivity (Wildman–Crippen MR) is 112 cm³/mol. The molecule has 3 atom stereocenters. The summed E-state index contributed by atoms with van der Waals surface area (Å²) in [5.41, 5.74) is 6.52. The summed E-state index contributed by atoms with van der Waals surface area (Å²) in [6.07, 6.45) is 3.67. The van der Waals surface area contributed by atoms with Gasteiger partial charge in [-0.3, -0.25) is 9.69 Å². The van der Waals surface area contributed by atoms with Gasteiger partial charge in [-0.1, -0.05) is 12.8 Å². The van der Waals surface area contributed by atoms with Gasteiger partial charge >= 0.3 is 11.9 Å². The lowest BCUT2D eigenvalue weighted by Gasteiger charge is -2.51. The van der Waals surface area contributed by atoms with E-state index in [9.17, 15) is 18.8 Å². The first-order valence-corrected chi connectivity index (χ1v) is 10.9. The molecule has 3 aliphatic rings. The summed E-state index contributed by atoms with van der Waals surface area (Å²) >= 11 is 0. The Morgan fingerprint density at radius 2 is 1.48 bits per heavy atom. The van der Waals surface area contributed by atoms with Gasteiger partial charge in [0.05, 0.1) is 0 Å². The van der Waals surface area contributed by atoms with Crippen molar-refractivity contribution in [3.8, 4) is 5.75 Å². The first-order chi connectivity index (χ1) is 15.6. The summed E-state index contributed by atoms with van der Waals surface area (Å²) in [4.78, 5) is 33.8. The van der Waals surface area contributed by atoms with Gasteiger partial charge in [-0.2, -0.15) is 0 Å². The quantitative estimate of drug-likeness (QED) is 0.382. The average molecular weight is 468 g/mol. The first-order valence-electron chi connectivity index (χ1n) is 10.9. The normalized spacial score (nSPS) is 21.9. The van der Waals surface area contributed by atoms with Crippen LogP contribution < -0.4 is 10.5 Å². The molecule has 2 fully saturated rings. The molecule has 0 aromatic heterocycles. The van der Waals surface area contributed by atoms with Crippen molar-refractivity contribution in [2.45, 2.75) is 75.3 Å². The van der Waals surface area contributed by atoms with Crippen molar-refractivity contribution in [1.29, 1.82) is 0 Å². The minimum Gasteiger partial charge on any atom is -0.489 e. The van der Waals surface area contributed by atoms with Crippen LogP contribution >= 0.6 is 0 Å². The fourth-order valence-electron chi connectivity index (χ4n) is 4.39. The van der Waals surface area contributed by atoms with E-state index in [1.54, 1.807) is 0 Å². The highest BCUT2D eigenvalue weighted by Crippen LogP contribution is 2.39. The lowest BCUT2D eigenvalue weighted by atomic mass is 9.82. The van der Waals surface area contributed by atoms with E-state index in [1.165, 1.54) is 50.7 Å². The number of hydrogen-bond acceptors (Lipinski definition) is 7. The molecule has 182 valence electrons. The summed E-state index contributed by atoms with van der Waals surface area (Å²) in [5.74, 6) is -4.23. The maximum atomic E-state index is 14.0. The molecule has 0 bridgehead atoms. The predicted octanol–water partition coefficient (Wildman–Crippen LogP) is 0.513. The summed E-state index contributed by atoms with van der Waals surface area (Å²) < 4.78 is 19.8. The molecule has 11 heteroatoms. The fraction of sp³-hybridized carbons (Fsp3) is 0.591. The standard InChI is InChI=1S/C18H23FN2O2.C4H6O6/c19-16-8-7-14(18(20)22)15-9-13(10-23-17(15)16)21(11-3-1-4-11)12-5-2-6-12;5-1(3(7)8)2(6)4(9)10/h7-8,11-13H,1-6,9-10H2,(H2,20,22);1-2,5-6H,(H,7,8)(H,9,10)/t13-;1-,2?/m11/s1. The molecule has 1 heterocycles. The molecule has 4 rings (SSSR count). The number of carbonyl (C=O) groups excluding carboxylic acids is 1. The van der Waals surface area contributed by atoms with Gasteiger partial charge < -0.3 is 30.9 Å². The van der Waals surface area contributed by atoms with Gasteiger partial charge in [0.25, 0.3) is 0 Å². The maximum absolute atomic E-state index is 14.0. The van der Waals surface area contributed by atoms with E-state index in [2.05, 4.69) is 4.90 Å². The number of nitrogens with zero attached hydrogens (tertiary/aromatic N) is 1. The Hall–Kier alpha value is -2.76. The van der Waals surface area contributed by atoms with E-state index in [0.717, 1.165) is 0 Å². The number of ether oxygens (including phenoxy) is 1. The van der Waals surface area contributed by atoms with Gasteiger partial charge in [-0.25, -0.2) is 14.0 Å². The van der Waals surface area contributed by atoms with Crippen molar-refractivity contribution in [3.05, 3.63) is 29.1 Å². The number of aliphatic hydroxyl groups excluding tert-OH is 2. The van der Waals surface area contributed by atoms with Crippen molar-refractivity contribution < 1.29 is 43.9 Å². The largest absolute Gasteiger partial charge is 0.489 e. The van der Waals surface area contributed by atoms with Crippen molar-refractivity contribution >= 4 is 17.8 Å². The highest BCUT2D eigenvalue weighted by Gasteiger charge is 2.40. The molecule has 0 saturated heterocycles. The van der Waals surface area contributed by atoms with Gasteiger partial charge in [0.2, 0.25) is 5.91 Å². The van der Waals surface area contributed by atoms with Gasteiger partial charge in [0.15, 0.2) is 23.8 Å². The Kier molecular flexibility index (Phi) is 7.88. The Bertz CT molecular complexity index is 871. The number of halogens is 1. The number of carboxylic acids is 2. The van der Waals surface area contributed by atoms with E-state index >= 15 is 0 Å². The number of amides is 1. The number of hydrogen-bond donors (Lipinski definition) is 5. The molecule has 10 nitrogen and oxygen atoms in total.